The fourth-order valence-electron chi connectivity index (χ4n) is 3.58. The molecule has 6 nitrogen and oxygen atoms in total. The largest absolute Gasteiger partial charge is 0.379 e. The molecule has 1 aliphatic carbocycles. The van der Waals surface area contributed by atoms with Gasteiger partial charge in [0.1, 0.15) is 0 Å². The molecule has 3 rings (SSSR count). The molecule has 23 heavy (non-hydrogen) atoms. The van der Waals surface area contributed by atoms with Crippen molar-refractivity contribution in [3.63, 3.8) is 0 Å². The molecule has 3 aliphatic rings. The van der Waals surface area contributed by atoms with Crippen LogP contribution in [0, 0.1) is 11.8 Å². The van der Waals surface area contributed by atoms with Gasteiger partial charge < -0.3 is 15.0 Å². The zero-order valence-electron chi connectivity index (χ0n) is 14.0. The van der Waals surface area contributed by atoms with E-state index >= 15 is 0 Å². The first kappa shape index (κ1) is 16.7. The van der Waals surface area contributed by atoms with Gasteiger partial charge in [-0.2, -0.15) is 0 Å². The molecular formula is C17H29N3O3. The lowest BCUT2D eigenvalue weighted by atomic mass is 10.2. The molecule has 0 spiro atoms. The normalized spacial score (nSPS) is 29.0. The number of ether oxygens (including phenoxy) is 1. The van der Waals surface area contributed by atoms with Crippen LogP contribution in [0.1, 0.15) is 32.1 Å². The van der Waals surface area contributed by atoms with Crippen molar-refractivity contribution in [1.29, 1.82) is 0 Å². The van der Waals surface area contributed by atoms with E-state index in [0.29, 0.717) is 6.54 Å². The number of rotatable bonds is 5. The quantitative estimate of drug-likeness (QED) is 0.799. The molecule has 0 radical (unpaired) electrons. The van der Waals surface area contributed by atoms with Crippen molar-refractivity contribution in [3.05, 3.63) is 0 Å². The Labute approximate surface area is 138 Å². The molecule has 3 fully saturated rings. The van der Waals surface area contributed by atoms with Gasteiger partial charge in [-0.15, -0.1) is 0 Å². The van der Waals surface area contributed by atoms with Crippen LogP contribution in [0.2, 0.25) is 0 Å². The lowest BCUT2D eigenvalue weighted by Gasteiger charge is -2.26. The van der Waals surface area contributed by atoms with Crippen LogP contribution in [0.15, 0.2) is 0 Å². The summed E-state index contributed by atoms with van der Waals surface area (Å²) in [7, 11) is 0. The molecule has 130 valence electrons. The molecule has 2 unspecified atom stereocenters. The van der Waals surface area contributed by atoms with E-state index in [0.717, 1.165) is 65.2 Å². The van der Waals surface area contributed by atoms with E-state index in [1.54, 1.807) is 0 Å². The third kappa shape index (κ3) is 4.67. The summed E-state index contributed by atoms with van der Waals surface area (Å²) >= 11 is 0. The van der Waals surface area contributed by atoms with E-state index < -0.39 is 0 Å². The topological polar surface area (TPSA) is 61.9 Å². The second kappa shape index (κ2) is 8.11. The van der Waals surface area contributed by atoms with E-state index in [4.69, 9.17) is 4.74 Å². The van der Waals surface area contributed by atoms with E-state index in [1.165, 1.54) is 12.8 Å². The lowest BCUT2D eigenvalue weighted by Crippen LogP contribution is -2.42. The first-order valence-electron chi connectivity index (χ1n) is 9.12. The monoisotopic (exact) mass is 323 g/mol. The van der Waals surface area contributed by atoms with Crippen LogP contribution in [0.5, 0.6) is 0 Å². The molecule has 2 heterocycles. The molecule has 2 saturated heterocycles. The maximum Gasteiger partial charge on any atom is 0.226 e. The van der Waals surface area contributed by atoms with Crippen LogP contribution in [-0.4, -0.2) is 74.1 Å². The minimum Gasteiger partial charge on any atom is -0.379 e. The van der Waals surface area contributed by atoms with Gasteiger partial charge in [0.05, 0.1) is 25.0 Å². The summed E-state index contributed by atoms with van der Waals surface area (Å²) in [5.74, 6) is 0.124. The van der Waals surface area contributed by atoms with Crippen molar-refractivity contribution in [2.45, 2.75) is 32.1 Å². The van der Waals surface area contributed by atoms with Gasteiger partial charge >= 0.3 is 0 Å². The number of carbonyl (C=O) groups is 2. The van der Waals surface area contributed by atoms with E-state index in [1.807, 2.05) is 4.90 Å². The molecule has 0 bridgehead atoms. The highest BCUT2D eigenvalue weighted by atomic mass is 16.5. The van der Waals surface area contributed by atoms with Gasteiger partial charge in [0.25, 0.3) is 0 Å². The molecule has 2 amide bonds. The Morgan fingerprint density at radius 3 is 2.35 bits per heavy atom. The molecule has 0 aromatic heterocycles. The average molecular weight is 323 g/mol. The smallest absolute Gasteiger partial charge is 0.226 e. The Morgan fingerprint density at radius 1 is 0.957 bits per heavy atom. The summed E-state index contributed by atoms with van der Waals surface area (Å²) in [4.78, 5) is 28.9. The van der Waals surface area contributed by atoms with Gasteiger partial charge in [0.2, 0.25) is 11.8 Å². The molecular weight excluding hydrogens is 294 g/mol. The third-order valence-electron chi connectivity index (χ3n) is 5.19. The zero-order chi connectivity index (χ0) is 16.1. The highest BCUT2D eigenvalue weighted by Gasteiger charge is 2.49. The van der Waals surface area contributed by atoms with E-state index in [9.17, 15) is 9.59 Å². The van der Waals surface area contributed by atoms with Crippen LogP contribution >= 0.6 is 0 Å². The fraction of sp³-hybridized carbons (Fsp3) is 0.882. The Bertz CT molecular complexity index is 415. The third-order valence-corrected chi connectivity index (χ3v) is 5.19. The molecule has 2 aliphatic heterocycles. The Balaban J connectivity index is 1.35. The highest BCUT2D eigenvalue weighted by molar-refractivity contribution is 5.92. The summed E-state index contributed by atoms with van der Waals surface area (Å²) < 4.78 is 5.31. The van der Waals surface area contributed by atoms with Gasteiger partial charge in [0, 0.05) is 39.3 Å². The van der Waals surface area contributed by atoms with Gasteiger partial charge in [-0.25, -0.2) is 0 Å². The molecule has 1 N–H and O–H groups in total. The van der Waals surface area contributed by atoms with Crippen LogP contribution in [0.25, 0.3) is 0 Å². The van der Waals surface area contributed by atoms with Crippen molar-refractivity contribution in [2.24, 2.45) is 11.8 Å². The zero-order valence-corrected chi connectivity index (χ0v) is 14.0. The van der Waals surface area contributed by atoms with Crippen LogP contribution in [-0.2, 0) is 14.3 Å². The minimum absolute atomic E-state index is 0.0588. The van der Waals surface area contributed by atoms with Gasteiger partial charge in [-0.05, 0) is 19.3 Å². The second-order valence-electron chi connectivity index (χ2n) is 6.93. The van der Waals surface area contributed by atoms with Gasteiger partial charge in [-0.3, -0.25) is 14.5 Å². The summed E-state index contributed by atoms with van der Waals surface area (Å²) in [5, 5.41) is 3.00. The fourth-order valence-corrected chi connectivity index (χ4v) is 3.58. The maximum atomic E-state index is 12.5. The van der Waals surface area contributed by atoms with Gasteiger partial charge in [0.15, 0.2) is 0 Å². The summed E-state index contributed by atoms with van der Waals surface area (Å²) in [5.41, 5.74) is 0. The predicted octanol–water partition coefficient (Wildman–Crippen LogP) is 0.474. The van der Waals surface area contributed by atoms with Crippen molar-refractivity contribution < 1.29 is 14.3 Å². The van der Waals surface area contributed by atoms with Crippen LogP contribution < -0.4 is 5.32 Å². The second-order valence-corrected chi connectivity index (χ2v) is 6.93. The Kier molecular flexibility index (Phi) is 5.89. The summed E-state index contributed by atoms with van der Waals surface area (Å²) in [6, 6.07) is 0. The van der Waals surface area contributed by atoms with Crippen molar-refractivity contribution in [3.8, 4) is 0 Å². The Hall–Kier alpha value is -1.14. The summed E-state index contributed by atoms with van der Waals surface area (Å²) in [6.07, 6.45) is 5.39. The number of hydrogen-bond donors (Lipinski definition) is 1. The minimum atomic E-state index is -0.0876. The van der Waals surface area contributed by atoms with Crippen LogP contribution in [0.4, 0.5) is 0 Å². The molecule has 1 saturated carbocycles. The SMILES string of the molecule is O=C(NCCN1CCOCC1)C1CC1C(=O)N1CCCCCC1. The first-order chi connectivity index (χ1) is 11.3. The molecule has 0 aromatic carbocycles. The number of nitrogens with zero attached hydrogens (tertiary/aromatic N) is 2. The predicted molar refractivity (Wildman–Crippen MR) is 86.9 cm³/mol. The van der Waals surface area contributed by atoms with Crippen molar-refractivity contribution in [1.82, 2.24) is 15.1 Å². The lowest BCUT2D eigenvalue weighted by molar-refractivity contribution is -0.134. The standard InChI is InChI=1S/C17H29N3O3/c21-16(18-5-8-19-9-11-23-12-10-19)14-13-15(14)17(22)20-6-3-1-2-4-7-20/h14-15H,1-13H2,(H,18,21). The van der Waals surface area contributed by atoms with E-state index in [2.05, 4.69) is 10.2 Å². The van der Waals surface area contributed by atoms with E-state index in [-0.39, 0.29) is 23.7 Å². The highest BCUT2D eigenvalue weighted by Crippen LogP contribution is 2.40. The van der Waals surface area contributed by atoms with Crippen LogP contribution in [0.3, 0.4) is 0 Å². The number of carbonyl (C=O) groups excluding carboxylic acids is 2. The maximum absolute atomic E-state index is 12.5. The molecule has 6 heteroatoms. The van der Waals surface area contributed by atoms with Crippen molar-refractivity contribution >= 4 is 11.8 Å². The number of hydrogen-bond acceptors (Lipinski definition) is 4. The number of likely N-dealkylation sites (tertiary alicyclic amines) is 1. The molecule has 0 aromatic rings. The first-order valence-corrected chi connectivity index (χ1v) is 9.12. The van der Waals surface area contributed by atoms with Gasteiger partial charge in [-0.1, -0.05) is 12.8 Å². The number of amides is 2. The number of morpholine rings is 1. The Morgan fingerprint density at radius 2 is 1.65 bits per heavy atom. The number of nitrogens with one attached hydrogen (secondary N) is 1. The van der Waals surface area contributed by atoms with Crippen molar-refractivity contribution in [2.75, 3.05) is 52.5 Å². The summed E-state index contributed by atoms with van der Waals surface area (Å²) in [6.45, 7) is 6.73. The average Bonchev–Trinajstić information content (AvgIpc) is 3.39. The molecule has 2 atom stereocenters.